The number of methoxy groups -OCH3 is 2. The lowest BCUT2D eigenvalue weighted by molar-refractivity contribution is 0.414. The summed E-state index contributed by atoms with van der Waals surface area (Å²) in [7, 11) is 3.41. The molecule has 4 aromatic carbocycles. The Labute approximate surface area is 455 Å². The van der Waals surface area contributed by atoms with Gasteiger partial charge in [0.25, 0.3) is 0 Å². The molecule has 0 fully saturated rings. The lowest BCUT2D eigenvalue weighted by atomic mass is 9.88. The van der Waals surface area contributed by atoms with E-state index in [2.05, 4.69) is 215 Å². The maximum atomic E-state index is 9.61. The number of rotatable bonds is 7. The quantitative estimate of drug-likeness (QED) is 0.120. The molecule has 6 aliphatic rings. The van der Waals surface area contributed by atoms with E-state index in [0.29, 0.717) is 5.75 Å². The van der Waals surface area contributed by atoms with Crippen LogP contribution in [-0.4, -0.2) is 79.2 Å². The van der Waals surface area contributed by atoms with Crippen LogP contribution in [0.2, 0.25) is 0 Å². The van der Waals surface area contributed by atoms with Crippen LogP contribution in [0.4, 0.5) is 22.7 Å². The Hall–Kier alpha value is -6.94. The number of allylic oxidation sites excluding steroid dienone is 4. The molecular formula is C66H87N6O4+. The van der Waals surface area contributed by atoms with Gasteiger partial charge in [0.2, 0.25) is 5.36 Å². The largest absolute Gasteiger partial charge is 0.508 e. The van der Waals surface area contributed by atoms with Crippen LogP contribution < -0.4 is 39.4 Å². The molecule has 2 N–H and O–H groups in total. The van der Waals surface area contributed by atoms with E-state index in [1.807, 2.05) is 30.3 Å². The predicted molar refractivity (Wildman–Crippen MR) is 325 cm³/mol. The molecule has 0 saturated carbocycles. The number of benzene rings is 5. The van der Waals surface area contributed by atoms with E-state index in [1.54, 1.807) is 20.3 Å². The first-order valence-electron chi connectivity index (χ1n) is 27.4. The summed E-state index contributed by atoms with van der Waals surface area (Å²) in [6, 6.07) is 28.7. The number of nitrogens with zero attached hydrogens (tertiary/aromatic N) is 5. The fraction of sp³-hybridized carbons (Fsp3) is 0.424. The van der Waals surface area contributed by atoms with Gasteiger partial charge in [-0.25, -0.2) is 9.56 Å². The van der Waals surface area contributed by atoms with Gasteiger partial charge in [-0.05, 0) is 189 Å². The fourth-order valence-corrected chi connectivity index (χ4v) is 12.1. The van der Waals surface area contributed by atoms with Crippen LogP contribution >= 0.6 is 0 Å². The first kappa shape index (κ1) is 56.8. The maximum Gasteiger partial charge on any atom is 0.203 e. The van der Waals surface area contributed by atoms with E-state index >= 15 is 0 Å². The van der Waals surface area contributed by atoms with Crippen molar-refractivity contribution in [3.05, 3.63) is 137 Å². The van der Waals surface area contributed by atoms with E-state index < -0.39 is 0 Å². The van der Waals surface area contributed by atoms with E-state index in [9.17, 15) is 5.11 Å². The van der Waals surface area contributed by atoms with Gasteiger partial charge < -0.3 is 39.0 Å². The number of phenols is 1. The highest BCUT2D eigenvalue weighted by Crippen LogP contribution is 2.44. The van der Waals surface area contributed by atoms with E-state index in [4.69, 9.17) is 18.9 Å². The molecule has 0 saturated heterocycles. The minimum atomic E-state index is -0.0142. The third kappa shape index (κ3) is 11.7. The van der Waals surface area contributed by atoms with Gasteiger partial charge in [-0.1, -0.05) is 24.3 Å². The molecule has 0 bridgehead atoms. The van der Waals surface area contributed by atoms with Gasteiger partial charge in [0, 0.05) is 95.0 Å². The summed E-state index contributed by atoms with van der Waals surface area (Å²) in [6.45, 7) is 42.1. The zero-order valence-corrected chi connectivity index (χ0v) is 49.3. The van der Waals surface area contributed by atoms with Gasteiger partial charge >= 0.3 is 0 Å². The molecule has 404 valence electrons. The van der Waals surface area contributed by atoms with Crippen LogP contribution in [-0.2, 0) is 0 Å². The summed E-state index contributed by atoms with van der Waals surface area (Å²) in [5.74, 6) is 2.99. The predicted octanol–water partition coefficient (Wildman–Crippen LogP) is 15.2. The lowest BCUT2D eigenvalue weighted by Gasteiger charge is -2.42. The van der Waals surface area contributed by atoms with Gasteiger partial charge in [-0.3, -0.25) is 0 Å². The molecule has 10 heteroatoms. The monoisotopic (exact) mass is 1030 g/mol. The van der Waals surface area contributed by atoms with E-state index in [1.165, 1.54) is 61.3 Å². The van der Waals surface area contributed by atoms with Crippen LogP contribution in [0, 0.1) is 0 Å². The van der Waals surface area contributed by atoms with Crippen molar-refractivity contribution in [2.24, 2.45) is 0 Å². The number of aromatic hydroxyl groups is 1. The number of nitrogens with one attached hydrogen (secondary N) is 1. The minimum absolute atomic E-state index is 0.0135. The van der Waals surface area contributed by atoms with Crippen LogP contribution in [0.1, 0.15) is 140 Å². The number of fused-ring (bicyclic) bond motifs is 6. The van der Waals surface area contributed by atoms with Crippen molar-refractivity contribution in [1.82, 2.24) is 9.56 Å². The number of likely N-dealkylation sites (N-methyl/N-ethyl adjacent to an activating group) is 3. The molecular weight excluding hydrogens is 941 g/mol. The molecule has 0 atom stereocenters. The summed E-state index contributed by atoms with van der Waals surface area (Å²) in [6.07, 6.45) is 9.22. The summed E-state index contributed by atoms with van der Waals surface area (Å²) in [5, 5.41) is 14.3. The SMILES string of the molecule is CCN1c2cc(O)ccc2C(C)=CC1(C)C.CCN1c2cc(OC)ccc2C(C)=CC1(C)C.CCN1c2cc3oc4cc(=[N+](CC)CC)ccc-4nc3cc2C(C)=CC1(C)C.COc1ccc2c(c1)NC(C)(C)C=C2C. The number of anilines is 4. The molecule has 0 unspecified atom stereocenters. The Bertz CT molecular complexity index is 3270. The highest BCUT2D eigenvalue weighted by Gasteiger charge is 2.33. The summed E-state index contributed by atoms with van der Waals surface area (Å²) in [4.78, 5) is 12.1. The second-order valence-electron chi connectivity index (χ2n) is 22.7. The Kier molecular flexibility index (Phi) is 16.7. The maximum absolute atomic E-state index is 9.61. The third-order valence-corrected chi connectivity index (χ3v) is 15.4. The number of phenolic OH excluding ortho intramolecular Hbond substituents is 1. The molecule has 5 heterocycles. The van der Waals surface area contributed by atoms with Gasteiger partial charge in [0.05, 0.1) is 42.4 Å². The average Bonchev–Trinajstić information content (AvgIpc) is 3.38. The molecule has 10 rings (SSSR count). The molecule has 0 radical (unpaired) electrons. The second kappa shape index (κ2) is 22.3. The van der Waals surface area contributed by atoms with Crippen molar-refractivity contribution < 1.29 is 19.0 Å². The summed E-state index contributed by atoms with van der Waals surface area (Å²) >= 11 is 0. The number of ether oxygens (including phenoxy) is 2. The van der Waals surface area contributed by atoms with Gasteiger partial charge in [0.1, 0.15) is 41.5 Å². The highest BCUT2D eigenvalue weighted by molar-refractivity contribution is 5.91. The second-order valence-corrected chi connectivity index (χ2v) is 22.7. The lowest BCUT2D eigenvalue weighted by Crippen LogP contribution is -2.44. The molecule has 0 amide bonds. The minimum Gasteiger partial charge on any atom is -0.508 e. The first-order valence-corrected chi connectivity index (χ1v) is 27.4. The van der Waals surface area contributed by atoms with E-state index in [0.717, 1.165) is 78.2 Å². The van der Waals surface area contributed by atoms with Gasteiger partial charge in [-0.15, -0.1) is 0 Å². The number of hydrogen-bond acceptors (Lipinski definition) is 9. The molecule has 4 aromatic rings. The Morgan fingerprint density at radius 1 is 0.539 bits per heavy atom. The van der Waals surface area contributed by atoms with Crippen molar-refractivity contribution in [1.29, 1.82) is 0 Å². The first-order chi connectivity index (χ1) is 35.8. The Morgan fingerprint density at radius 2 is 1.01 bits per heavy atom. The standard InChI is InChI=1S/C24H30N3O.C15H21NO.C14H19NO.C13H17NO/c1-7-26(8-2)17-10-11-19-22(12-17)28-23-14-21-18(13-20(23)25-19)16(4)15-24(5,6)27(21)9-3;1-6-16-14-9-12(17-5)7-8-13(14)11(2)10-15(16,3)4;1-5-15-13-8-11(16)6-7-12(13)10(2)9-14(15,3)4;1-9-8-13(2,3)14-12-7-10(15-4)5-6-11(9)12/h10-15H,7-9H2,1-6H3;7-10H,6H2,1-5H3;6-9,16H,5H2,1-4H3;5-8,14H,1-4H3/q+1;;;. The van der Waals surface area contributed by atoms with Crippen molar-refractivity contribution in [3.63, 3.8) is 0 Å². The van der Waals surface area contributed by atoms with Crippen molar-refractivity contribution >= 4 is 56.1 Å². The van der Waals surface area contributed by atoms with Crippen molar-refractivity contribution in [2.45, 2.75) is 140 Å². The normalized spacial score (nSPS) is 16.9. The highest BCUT2D eigenvalue weighted by atomic mass is 16.5. The third-order valence-electron chi connectivity index (χ3n) is 15.4. The van der Waals surface area contributed by atoms with Crippen molar-refractivity contribution in [2.75, 3.05) is 67.0 Å². The van der Waals surface area contributed by atoms with Crippen molar-refractivity contribution in [3.8, 4) is 28.7 Å². The molecule has 0 aromatic heterocycles. The summed E-state index contributed by atoms with van der Waals surface area (Å²) < 4.78 is 19.2. The van der Waals surface area contributed by atoms with Crippen LogP contribution in [0.3, 0.4) is 0 Å². The number of aromatic nitrogens is 1. The Morgan fingerprint density at radius 3 is 1.54 bits per heavy atom. The Balaban J connectivity index is 0.000000153. The molecule has 0 spiro atoms. The molecule has 76 heavy (non-hydrogen) atoms. The van der Waals surface area contributed by atoms with Crippen LogP contribution in [0.5, 0.6) is 17.2 Å². The summed E-state index contributed by atoms with van der Waals surface area (Å²) in [5.41, 5.74) is 17.8. The molecule has 5 aliphatic heterocycles. The molecule has 10 nitrogen and oxygen atoms in total. The van der Waals surface area contributed by atoms with E-state index in [-0.39, 0.29) is 22.2 Å². The number of hydrogen-bond donors (Lipinski definition) is 2. The topological polar surface area (TPSA) is 89.5 Å². The zero-order valence-electron chi connectivity index (χ0n) is 49.3. The van der Waals surface area contributed by atoms with Gasteiger partial charge in [0.15, 0.2) is 11.3 Å². The van der Waals surface area contributed by atoms with Crippen LogP contribution in [0.25, 0.3) is 44.8 Å². The van der Waals surface area contributed by atoms with Crippen LogP contribution in [0.15, 0.2) is 114 Å². The fourth-order valence-electron chi connectivity index (χ4n) is 12.1. The average molecular weight is 1030 g/mol. The smallest absolute Gasteiger partial charge is 0.203 e. The van der Waals surface area contributed by atoms with Gasteiger partial charge in [-0.2, -0.15) is 0 Å². The zero-order chi connectivity index (χ0) is 55.7. The molecule has 1 aliphatic carbocycles.